The van der Waals surface area contributed by atoms with Crippen LogP contribution in [0.4, 0.5) is 0 Å². The Morgan fingerprint density at radius 1 is 1.50 bits per heavy atom. The highest BCUT2D eigenvalue weighted by molar-refractivity contribution is 7.52. The third kappa shape index (κ3) is 7.49. The molecule has 0 aliphatic rings. The van der Waals surface area contributed by atoms with Crippen LogP contribution in [0.1, 0.15) is 19.3 Å². The van der Waals surface area contributed by atoms with Crippen LogP contribution in [0.25, 0.3) is 0 Å². The van der Waals surface area contributed by atoms with Crippen LogP contribution in [0.2, 0.25) is 0 Å². The van der Waals surface area contributed by atoms with Crippen molar-refractivity contribution >= 4 is 13.4 Å². The predicted molar refractivity (Wildman–Crippen MR) is 44.6 cm³/mol. The van der Waals surface area contributed by atoms with Crippen molar-refractivity contribution in [1.29, 1.82) is 0 Å². The van der Waals surface area contributed by atoms with E-state index in [1.165, 1.54) is 0 Å². The molecule has 5 heteroatoms. The van der Waals surface area contributed by atoms with E-state index in [0.29, 0.717) is 12.8 Å². The largest absolute Gasteiger partial charge is 0.332 e. The molecule has 0 aromatic carbocycles. The van der Waals surface area contributed by atoms with Gasteiger partial charge in [-0.15, -0.1) is 12.3 Å². The molecule has 0 fully saturated rings. The average molecular weight is 190 g/mol. The highest BCUT2D eigenvalue weighted by atomic mass is 31.2. The zero-order valence-electron chi connectivity index (χ0n) is 6.56. The molecule has 2 N–H and O–H groups in total. The average Bonchev–Trinajstić information content (AvgIpc) is 1.84. The van der Waals surface area contributed by atoms with Gasteiger partial charge in [-0.2, -0.15) is 0 Å². The van der Waals surface area contributed by atoms with Crippen LogP contribution in [0, 0.1) is 12.3 Å². The van der Waals surface area contributed by atoms with Crippen molar-refractivity contribution in [2.24, 2.45) is 0 Å². The molecule has 0 heterocycles. The lowest BCUT2D eigenvalue weighted by Crippen LogP contribution is -2.04. The Bertz CT molecular complexity index is 234. The van der Waals surface area contributed by atoms with Crippen LogP contribution in [-0.2, 0) is 9.36 Å². The second-order valence-electron chi connectivity index (χ2n) is 2.42. The smallest absolute Gasteiger partial charge is 0.324 e. The molecular weight excluding hydrogens is 179 g/mol. The number of carbonyl (C=O) groups is 1. The van der Waals surface area contributed by atoms with E-state index in [-0.39, 0.29) is 6.42 Å². The third-order valence-corrected chi connectivity index (χ3v) is 1.92. The molecule has 4 nitrogen and oxygen atoms in total. The zero-order chi connectivity index (χ0) is 9.61. The maximum Gasteiger partial charge on any atom is 0.332 e. The zero-order valence-corrected chi connectivity index (χ0v) is 7.46. The van der Waals surface area contributed by atoms with Crippen molar-refractivity contribution < 1.29 is 19.1 Å². The Hall–Kier alpha value is -0.620. The lowest BCUT2D eigenvalue weighted by Gasteiger charge is -2.00. The Morgan fingerprint density at radius 2 is 2.08 bits per heavy atom. The second-order valence-corrected chi connectivity index (χ2v) is 4.06. The van der Waals surface area contributed by atoms with E-state index in [2.05, 4.69) is 5.92 Å². The number of hydrogen-bond donors (Lipinski definition) is 2. The minimum Gasteiger partial charge on any atom is -0.324 e. The minimum atomic E-state index is -4.17. The van der Waals surface area contributed by atoms with Crippen molar-refractivity contribution in [3.05, 3.63) is 0 Å². The summed E-state index contributed by atoms with van der Waals surface area (Å²) in [5.41, 5.74) is 0. The summed E-state index contributed by atoms with van der Waals surface area (Å²) >= 11 is 0. The molecular formula is C7H11O4P. The predicted octanol–water partition coefficient (Wildman–Crippen LogP) is 0.537. The third-order valence-electron chi connectivity index (χ3n) is 1.16. The Labute approximate surface area is 71.1 Å². The van der Waals surface area contributed by atoms with Crippen LogP contribution in [0.5, 0.6) is 0 Å². The van der Waals surface area contributed by atoms with Crippen molar-refractivity contribution in [1.82, 2.24) is 0 Å². The van der Waals surface area contributed by atoms with Gasteiger partial charge in [-0.1, -0.05) is 0 Å². The molecule has 0 aliphatic heterocycles. The summed E-state index contributed by atoms with van der Waals surface area (Å²) in [6, 6.07) is 0. The van der Waals surface area contributed by atoms with E-state index in [0.717, 1.165) is 0 Å². The standard InChI is InChI=1S/C7H11O4P/c1-2-3-4-5-7(8)6-12(9,10)11/h1H,3-6H2,(H2,9,10,11). The lowest BCUT2D eigenvalue weighted by molar-refractivity contribution is -0.116. The van der Waals surface area contributed by atoms with Gasteiger partial charge in [0.1, 0.15) is 11.9 Å². The topological polar surface area (TPSA) is 74.6 Å². The van der Waals surface area contributed by atoms with Gasteiger partial charge in [0.25, 0.3) is 0 Å². The van der Waals surface area contributed by atoms with E-state index in [1.807, 2.05) is 0 Å². The molecule has 0 rings (SSSR count). The molecule has 0 spiro atoms. The van der Waals surface area contributed by atoms with Crippen molar-refractivity contribution in [2.45, 2.75) is 19.3 Å². The van der Waals surface area contributed by atoms with Gasteiger partial charge in [0.2, 0.25) is 0 Å². The molecule has 0 aromatic heterocycles. The molecule has 68 valence electrons. The number of terminal acetylenes is 1. The SMILES string of the molecule is C#CCCCC(=O)CP(=O)(O)O. The van der Waals surface area contributed by atoms with Crippen LogP contribution < -0.4 is 0 Å². The fourth-order valence-corrected chi connectivity index (χ4v) is 1.31. The molecule has 0 aliphatic carbocycles. The molecule has 0 saturated carbocycles. The normalized spacial score (nSPS) is 10.8. The first-order valence-electron chi connectivity index (χ1n) is 3.45. The first kappa shape index (κ1) is 11.4. The summed E-state index contributed by atoms with van der Waals surface area (Å²) in [7, 11) is -4.17. The van der Waals surface area contributed by atoms with Crippen molar-refractivity contribution in [3.63, 3.8) is 0 Å². The van der Waals surface area contributed by atoms with Crippen LogP contribution in [0.3, 0.4) is 0 Å². The highest BCUT2D eigenvalue weighted by Gasteiger charge is 2.17. The number of rotatable bonds is 5. The van der Waals surface area contributed by atoms with Crippen LogP contribution in [-0.4, -0.2) is 21.7 Å². The monoisotopic (exact) mass is 190 g/mol. The summed E-state index contributed by atoms with van der Waals surface area (Å²) in [6.07, 6.45) is 5.37. The summed E-state index contributed by atoms with van der Waals surface area (Å²) in [4.78, 5) is 27.6. The Kier molecular flexibility index (Phi) is 4.84. The molecule has 0 bridgehead atoms. The summed E-state index contributed by atoms with van der Waals surface area (Å²) in [5.74, 6) is 1.91. The quantitative estimate of drug-likeness (QED) is 0.377. The van der Waals surface area contributed by atoms with E-state index in [4.69, 9.17) is 16.2 Å². The molecule has 0 amide bonds. The summed E-state index contributed by atoms with van der Waals surface area (Å²) in [6.45, 7) is 0. The fraction of sp³-hybridized carbons (Fsp3) is 0.571. The van der Waals surface area contributed by atoms with E-state index >= 15 is 0 Å². The maximum absolute atomic E-state index is 10.8. The van der Waals surface area contributed by atoms with Gasteiger partial charge in [0.05, 0.1) is 0 Å². The molecule has 0 unspecified atom stereocenters. The summed E-state index contributed by atoms with van der Waals surface area (Å²) < 4.78 is 10.3. The number of carbonyl (C=O) groups excluding carboxylic acids is 1. The number of Topliss-reactive ketones (excluding diaryl/α,β-unsaturated/α-hetero) is 1. The van der Waals surface area contributed by atoms with Crippen LogP contribution in [0.15, 0.2) is 0 Å². The van der Waals surface area contributed by atoms with Gasteiger partial charge in [-0.05, 0) is 6.42 Å². The van der Waals surface area contributed by atoms with Gasteiger partial charge in [-0.25, -0.2) is 0 Å². The first-order valence-corrected chi connectivity index (χ1v) is 5.25. The minimum absolute atomic E-state index is 0.148. The lowest BCUT2D eigenvalue weighted by atomic mass is 10.2. The second kappa shape index (κ2) is 5.10. The molecule has 12 heavy (non-hydrogen) atoms. The number of ketones is 1. The maximum atomic E-state index is 10.8. The number of hydrogen-bond acceptors (Lipinski definition) is 2. The van der Waals surface area contributed by atoms with Gasteiger partial charge < -0.3 is 9.79 Å². The van der Waals surface area contributed by atoms with Crippen LogP contribution >= 0.6 is 7.60 Å². The van der Waals surface area contributed by atoms with E-state index in [9.17, 15) is 9.36 Å². The van der Waals surface area contributed by atoms with Crippen molar-refractivity contribution in [2.75, 3.05) is 6.16 Å². The molecule has 0 aromatic rings. The van der Waals surface area contributed by atoms with Gasteiger partial charge in [-0.3, -0.25) is 9.36 Å². The molecule has 0 atom stereocenters. The molecule has 0 saturated heterocycles. The Morgan fingerprint density at radius 3 is 2.50 bits per heavy atom. The first-order chi connectivity index (χ1) is 5.45. The van der Waals surface area contributed by atoms with E-state index in [1.54, 1.807) is 0 Å². The fourth-order valence-electron chi connectivity index (χ4n) is 0.696. The van der Waals surface area contributed by atoms with Gasteiger partial charge >= 0.3 is 7.60 Å². The molecule has 0 radical (unpaired) electrons. The summed E-state index contributed by atoms with van der Waals surface area (Å²) in [5, 5.41) is 0. The van der Waals surface area contributed by atoms with Gasteiger partial charge in [0.15, 0.2) is 0 Å². The van der Waals surface area contributed by atoms with E-state index < -0.39 is 19.5 Å². The number of unbranched alkanes of at least 4 members (excludes halogenated alkanes) is 1. The Balaban J connectivity index is 3.63. The highest BCUT2D eigenvalue weighted by Crippen LogP contribution is 2.34. The van der Waals surface area contributed by atoms with Crippen molar-refractivity contribution in [3.8, 4) is 12.3 Å². The van der Waals surface area contributed by atoms with Gasteiger partial charge in [0, 0.05) is 12.8 Å².